The van der Waals surface area contributed by atoms with Crippen LogP contribution in [0, 0.1) is 0 Å². The Morgan fingerprint density at radius 2 is 2.07 bits per heavy atom. The molecule has 0 aromatic heterocycles. The minimum absolute atomic E-state index is 0.125. The Hall–Kier alpha value is -0.380. The molecule has 0 saturated carbocycles. The molecule has 0 aliphatic heterocycles. The van der Waals surface area contributed by atoms with Crippen molar-refractivity contribution in [2.24, 2.45) is 0 Å². The molecular weight excluding hydrogens is 256 g/mol. The maximum atomic E-state index is 9.37. The smallest absolute Gasteiger partial charge is 0.0715 e. The van der Waals surface area contributed by atoms with Crippen molar-refractivity contribution in [3.63, 3.8) is 0 Å². The maximum absolute atomic E-state index is 9.37. The fourth-order valence-corrected chi connectivity index (χ4v) is 1.91. The molecule has 0 amide bonds. The molecule has 2 nitrogen and oxygen atoms in total. The maximum Gasteiger partial charge on any atom is 0.0715 e. The van der Waals surface area contributed by atoms with Gasteiger partial charge in [-0.3, -0.25) is 0 Å². The molecule has 0 aliphatic carbocycles. The first kappa shape index (κ1) is 12.7. The Balaban J connectivity index is 3.17. The first-order valence-corrected chi connectivity index (χ1v) is 5.69. The monoisotopic (exact) mass is 272 g/mol. The van der Waals surface area contributed by atoms with Gasteiger partial charge >= 0.3 is 0 Å². The van der Waals surface area contributed by atoms with Crippen molar-refractivity contribution in [2.75, 3.05) is 13.7 Å². The highest BCUT2D eigenvalue weighted by molar-refractivity contribution is 9.10. The topological polar surface area (TPSA) is 29.5 Å². The van der Waals surface area contributed by atoms with Crippen LogP contribution in [0.1, 0.15) is 25.0 Å². The highest BCUT2D eigenvalue weighted by Gasteiger charge is 2.22. The Bertz CT molecular complexity index is 334. The van der Waals surface area contributed by atoms with Crippen molar-refractivity contribution >= 4 is 15.9 Å². The van der Waals surface area contributed by atoms with Crippen LogP contribution in [0.4, 0.5) is 0 Å². The average Bonchev–Trinajstić information content (AvgIpc) is 2.21. The predicted octanol–water partition coefficient (Wildman–Crippen LogP) is 2.87. The summed E-state index contributed by atoms with van der Waals surface area (Å²) in [5.41, 5.74) is 2.01. The lowest BCUT2D eigenvalue weighted by Crippen LogP contribution is -2.24. The number of halogens is 1. The van der Waals surface area contributed by atoms with Crippen LogP contribution >= 0.6 is 15.9 Å². The number of benzene rings is 1. The van der Waals surface area contributed by atoms with E-state index in [4.69, 9.17) is 4.74 Å². The van der Waals surface area contributed by atoms with Gasteiger partial charge in [0.05, 0.1) is 13.2 Å². The van der Waals surface area contributed by atoms with Crippen LogP contribution in [0.2, 0.25) is 0 Å². The molecule has 0 saturated heterocycles. The van der Waals surface area contributed by atoms with Crippen molar-refractivity contribution < 1.29 is 9.84 Å². The zero-order valence-electron chi connectivity index (χ0n) is 9.38. The standard InChI is InChI=1S/C12H17BrO2/c1-12(2,8-14)11-6-10(13)5-4-9(11)7-15-3/h4-6,14H,7-8H2,1-3H3. The third-order valence-electron chi connectivity index (χ3n) is 2.50. The van der Waals surface area contributed by atoms with Crippen LogP contribution < -0.4 is 0 Å². The molecule has 1 aromatic carbocycles. The zero-order chi connectivity index (χ0) is 11.5. The van der Waals surface area contributed by atoms with Crippen LogP contribution in [-0.2, 0) is 16.8 Å². The van der Waals surface area contributed by atoms with Gasteiger partial charge in [-0.25, -0.2) is 0 Å². The molecule has 0 aliphatic rings. The van der Waals surface area contributed by atoms with Gasteiger partial charge in [0.2, 0.25) is 0 Å². The van der Waals surface area contributed by atoms with E-state index in [2.05, 4.69) is 15.9 Å². The van der Waals surface area contributed by atoms with E-state index in [1.165, 1.54) is 0 Å². The lowest BCUT2D eigenvalue weighted by Gasteiger charge is -2.25. The molecule has 0 atom stereocenters. The molecule has 0 spiro atoms. The van der Waals surface area contributed by atoms with Gasteiger partial charge in [-0.2, -0.15) is 0 Å². The summed E-state index contributed by atoms with van der Waals surface area (Å²) in [6.07, 6.45) is 0. The van der Waals surface area contributed by atoms with Gasteiger partial charge in [0, 0.05) is 17.0 Å². The number of ether oxygens (including phenoxy) is 1. The summed E-state index contributed by atoms with van der Waals surface area (Å²) in [4.78, 5) is 0. The molecule has 0 bridgehead atoms. The normalized spacial score (nSPS) is 11.8. The molecular formula is C12H17BrO2. The summed E-state index contributed by atoms with van der Waals surface area (Å²) in [6, 6.07) is 6.07. The summed E-state index contributed by atoms with van der Waals surface area (Å²) in [5.74, 6) is 0. The van der Waals surface area contributed by atoms with Crippen molar-refractivity contribution in [1.29, 1.82) is 0 Å². The van der Waals surface area contributed by atoms with Crippen molar-refractivity contribution in [3.8, 4) is 0 Å². The predicted molar refractivity (Wildman–Crippen MR) is 65.0 cm³/mol. The van der Waals surface area contributed by atoms with E-state index in [-0.39, 0.29) is 12.0 Å². The second-order valence-electron chi connectivity index (χ2n) is 4.28. The number of hydrogen-bond donors (Lipinski definition) is 1. The third-order valence-corrected chi connectivity index (χ3v) is 2.99. The summed E-state index contributed by atoms with van der Waals surface area (Å²) < 4.78 is 6.18. The first-order chi connectivity index (χ1) is 7.01. The highest BCUT2D eigenvalue weighted by atomic mass is 79.9. The molecule has 0 fully saturated rings. The molecule has 1 N–H and O–H groups in total. The Labute approximate surface area is 99.4 Å². The Morgan fingerprint density at radius 1 is 1.40 bits per heavy atom. The largest absolute Gasteiger partial charge is 0.395 e. The van der Waals surface area contributed by atoms with Crippen LogP contribution in [0.25, 0.3) is 0 Å². The summed E-state index contributed by atoms with van der Waals surface area (Å²) >= 11 is 3.45. The van der Waals surface area contributed by atoms with E-state index in [1.807, 2.05) is 32.0 Å². The van der Waals surface area contributed by atoms with E-state index >= 15 is 0 Å². The third kappa shape index (κ3) is 3.03. The van der Waals surface area contributed by atoms with E-state index in [0.29, 0.717) is 6.61 Å². The van der Waals surface area contributed by atoms with Crippen molar-refractivity contribution in [3.05, 3.63) is 33.8 Å². The summed E-state index contributed by atoms with van der Waals surface area (Å²) in [7, 11) is 1.68. The molecule has 0 unspecified atom stereocenters. The van der Waals surface area contributed by atoms with Gasteiger partial charge < -0.3 is 9.84 Å². The fourth-order valence-electron chi connectivity index (χ4n) is 1.55. The van der Waals surface area contributed by atoms with Crippen LogP contribution in [0.3, 0.4) is 0 Å². The van der Waals surface area contributed by atoms with Gasteiger partial charge in [0.25, 0.3) is 0 Å². The SMILES string of the molecule is COCc1ccc(Br)cc1C(C)(C)CO. The van der Waals surface area contributed by atoms with Gasteiger partial charge in [-0.05, 0) is 23.3 Å². The van der Waals surface area contributed by atoms with Gasteiger partial charge in [-0.1, -0.05) is 35.8 Å². The molecule has 1 aromatic rings. The van der Waals surface area contributed by atoms with Gasteiger partial charge in [-0.15, -0.1) is 0 Å². The number of hydrogen-bond acceptors (Lipinski definition) is 2. The zero-order valence-corrected chi connectivity index (χ0v) is 11.0. The number of rotatable bonds is 4. The van der Waals surface area contributed by atoms with E-state index < -0.39 is 0 Å². The molecule has 0 radical (unpaired) electrons. The average molecular weight is 273 g/mol. The molecule has 15 heavy (non-hydrogen) atoms. The lowest BCUT2D eigenvalue weighted by atomic mass is 9.83. The van der Waals surface area contributed by atoms with Gasteiger partial charge in [0.15, 0.2) is 0 Å². The number of methoxy groups -OCH3 is 1. The number of aliphatic hydroxyl groups excluding tert-OH is 1. The van der Waals surface area contributed by atoms with Crippen LogP contribution in [0.15, 0.2) is 22.7 Å². The summed E-state index contributed by atoms with van der Waals surface area (Å²) in [5, 5.41) is 9.37. The summed E-state index contributed by atoms with van der Waals surface area (Å²) in [6.45, 7) is 4.74. The van der Waals surface area contributed by atoms with E-state index in [0.717, 1.165) is 15.6 Å². The molecule has 1 rings (SSSR count). The Morgan fingerprint density at radius 3 is 2.60 bits per heavy atom. The molecule has 3 heteroatoms. The number of aliphatic hydroxyl groups is 1. The Kier molecular flexibility index (Phi) is 4.32. The minimum atomic E-state index is -0.238. The van der Waals surface area contributed by atoms with Crippen molar-refractivity contribution in [1.82, 2.24) is 0 Å². The second kappa shape index (κ2) is 5.10. The van der Waals surface area contributed by atoms with Crippen LogP contribution in [-0.4, -0.2) is 18.8 Å². The quantitative estimate of drug-likeness (QED) is 0.914. The fraction of sp³-hybridized carbons (Fsp3) is 0.500. The van der Waals surface area contributed by atoms with Gasteiger partial charge in [0.1, 0.15) is 0 Å². The van der Waals surface area contributed by atoms with E-state index in [1.54, 1.807) is 7.11 Å². The van der Waals surface area contributed by atoms with E-state index in [9.17, 15) is 5.11 Å². The van der Waals surface area contributed by atoms with Crippen LogP contribution in [0.5, 0.6) is 0 Å². The molecule has 84 valence electrons. The lowest BCUT2D eigenvalue weighted by molar-refractivity contribution is 0.178. The molecule has 0 heterocycles. The van der Waals surface area contributed by atoms with Crippen molar-refractivity contribution in [2.45, 2.75) is 25.9 Å². The minimum Gasteiger partial charge on any atom is -0.395 e. The second-order valence-corrected chi connectivity index (χ2v) is 5.19. The first-order valence-electron chi connectivity index (χ1n) is 4.90. The highest BCUT2D eigenvalue weighted by Crippen LogP contribution is 2.29.